The largest absolute Gasteiger partial charge is 0.453 e. The lowest BCUT2D eigenvalue weighted by Gasteiger charge is -2.35. The van der Waals surface area contributed by atoms with Crippen molar-refractivity contribution in [2.24, 2.45) is 5.92 Å². The van der Waals surface area contributed by atoms with Crippen molar-refractivity contribution in [2.75, 3.05) is 7.11 Å². The van der Waals surface area contributed by atoms with Crippen LogP contribution in [0.4, 0.5) is 4.79 Å². The summed E-state index contributed by atoms with van der Waals surface area (Å²) in [6.07, 6.45) is 1.23. The standard InChI is InChI=1S/C12H21NO4/c1-7-5-10(6-8(2)17-7)11(9(3)14)13-12(15)16-4/h7-8,10-11H,5-6H2,1-4H3,(H,13,15)/t7-,8+,10?,11?. The molecule has 1 aliphatic heterocycles. The molecule has 17 heavy (non-hydrogen) atoms. The SMILES string of the molecule is COC(=O)NC(C(C)=O)C1C[C@@H](C)O[C@@H](C)C1. The maximum Gasteiger partial charge on any atom is 0.407 e. The van der Waals surface area contributed by atoms with E-state index in [9.17, 15) is 9.59 Å². The minimum absolute atomic E-state index is 0.0401. The number of ketones is 1. The second-order valence-electron chi connectivity index (χ2n) is 4.71. The molecular formula is C12H21NO4. The van der Waals surface area contributed by atoms with Crippen LogP contribution >= 0.6 is 0 Å². The maximum atomic E-state index is 11.6. The molecule has 0 aromatic carbocycles. The minimum Gasteiger partial charge on any atom is -0.453 e. The zero-order valence-electron chi connectivity index (χ0n) is 10.9. The zero-order chi connectivity index (χ0) is 13.0. The van der Waals surface area contributed by atoms with Gasteiger partial charge in [0.25, 0.3) is 0 Å². The lowest BCUT2D eigenvalue weighted by atomic mass is 9.84. The van der Waals surface area contributed by atoms with Gasteiger partial charge < -0.3 is 14.8 Å². The van der Waals surface area contributed by atoms with Gasteiger partial charge in [0.05, 0.1) is 25.4 Å². The number of hydrogen-bond acceptors (Lipinski definition) is 4. The third kappa shape index (κ3) is 4.00. The molecule has 1 amide bonds. The lowest BCUT2D eigenvalue weighted by molar-refractivity contribution is -0.123. The molecule has 1 fully saturated rings. The van der Waals surface area contributed by atoms with Crippen LogP contribution in [0, 0.1) is 5.92 Å². The fourth-order valence-corrected chi connectivity index (χ4v) is 2.47. The molecule has 0 aromatic heterocycles. The van der Waals surface area contributed by atoms with Crippen LogP contribution in [0.15, 0.2) is 0 Å². The number of nitrogens with one attached hydrogen (secondary N) is 1. The molecule has 0 aliphatic carbocycles. The summed E-state index contributed by atoms with van der Waals surface area (Å²) in [5.41, 5.74) is 0. The van der Waals surface area contributed by atoms with Crippen molar-refractivity contribution in [3.8, 4) is 0 Å². The molecule has 1 saturated heterocycles. The van der Waals surface area contributed by atoms with Gasteiger partial charge in [-0.15, -0.1) is 0 Å². The third-order valence-electron chi connectivity index (χ3n) is 3.10. The van der Waals surface area contributed by atoms with Gasteiger partial charge in [0.1, 0.15) is 0 Å². The van der Waals surface area contributed by atoms with Crippen LogP contribution in [0.5, 0.6) is 0 Å². The summed E-state index contributed by atoms with van der Waals surface area (Å²) < 4.78 is 10.2. The second-order valence-corrected chi connectivity index (χ2v) is 4.71. The number of carbonyl (C=O) groups is 2. The first-order chi connectivity index (χ1) is 7.93. The highest BCUT2D eigenvalue weighted by Gasteiger charge is 2.34. The summed E-state index contributed by atoms with van der Waals surface area (Å²) in [4.78, 5) is 22.8. The van der Waals surface area contributed by atoms with Crippen molar-refractivity contribution in [1.82, 2.24) is 5.32 Å². The van der Waals surface area contributed by atoms with E-state index >= 15 is 0 Å². The molecule has 2 unspecified atom stereocenters. The van der Waals surface area contributed by atoms with Crippen LogP contribution in [-0.2, 0) is 14.3 Å². The Hall–Kier alpha value is -1.10. The van der Waals surface area contributed by atoms with Crippen molar-refractivity contribution in [3.63, 3.8) is 0 Å². The Kier molecular flexibility index (Phi) is 4.93. The smallest absolute Gasteiger partial charge is 0.407 e. The fraction of sp³-hybridized carbons (Fsp3) is 0.833. The average Bonchev–Trinajstić information content (AvgIpc) is 2.23. The molecule has 1 heterocycles. The van der Waals surface area contributed by atoms with E-state index < -0.39 is 12.1 Å². The van der Waals surface area contributed by atoms with Gasteiger partial charge in [0.15, 0.2) is 5.78 Å². The van der Waals surface area contributed by atoms with Gasteiger partial charge in [-0.1, -0.05) is 0 Å². The first-order valence-corrected chi connectivity index (χ1v) is 5.94. The van der Waals surface area contributed by atoms with Gasteiger partial charge in [-0.25, -0.2) is 4.79 Å². The number of methoxy groups -OCH3 is 1. The molecule has 0 aromatic rings. The summed E-state index contributed by atoms with van der Waals surface area (Å²) in [6.45, 7) is 5.46. The van der Waals surface area contributed by atoms with Crippen LogP contribution in [-0.4, -0.2) is 37.2 Å². The molecule has 1 rings (SSSR count). The molecule has 4 atom stereocenters. The lowest BCUT2D eigenvalue weighted by Crippen LogP contribution is -2.48. The number of alkyl carbamates (subject to hydrolysis) is 1. The predicted octanol–water partition coefficient (Wildman–Crippen LogP) is 1.50. The molecular weight excluding hydrogens is 222 g/mol. The van der Waals surface area contributed by atoms with Gasteiger partial charge in [-0.3, -0.25) is 4.79 Å². The minimum atomic E-state index is -0.558. The zero-order valence-corrected chi connectivity index (χ0v) is 10.9. The first-order valence-electron chi connectivity index (χ1n) is 5.94. The van der Waals surface area contributed by atoms with Gasteiger partial charge in [-0.2, -0.15) is 0 Å². The Morgan fingerprint density at radius 3 is 2.24 bits per heavy atom. The Morgan fingerprint density at radius 2 is 1.82 bits per heavy atom. The number of rotatable bonds is 3. The second kappa shape index (κ2) is 6.00. The van der Waals surface area contributed by atoms with Crippen LogP contribution in [0.2, 0.25) is 0 Å². The Labute approximate surface area is 102 Å². The fourth-order valence-electron chi connectivity index (χ4n) is 2.47. The van der Waals surface area contributed by atoms with E-state index in [1.807, 2.05) is 13.8 Å². The average molecular weight is 243 g/mol. The highest BCUT2D eigenvalue weighted by Crippen LogP contribution is 2.27. The topological polar surface area (TPSA) is 64.6 Å². The third-order valence-corrected chi connectivity index (χ3v) is 3.10. The molecule has 5 heteroatoms. The van der Waals surface area contributed by atoms with Crippen molar-refractivity contribution >= 4 is 11.9 Å². The van der Waals surface area contributed by atoms with Crippen LogP contribution in [0.1, 0.15) is 33.6 Å². The van der Waals surface area contributed by atoms with E-state index in [4.69, 9.17) is 4.74 Å². The molecule has 0 radical (unpaired) electrons. The summed E-state index contributed by atoms with van der Waals surface area (Å²) in [5, 5.41) is 2.61. The molecule has 0 spiro atoms. The molecule has 1 aliphatic rings. The van der Waals surface area contributed by atoms with E-state index in [0.29, 0.717) is 0 Å². The van der Waals surface area contributed by atoms with Crippen LogP contribution in [0.25, 0.3) is 0 Å². The molecule has 0 saturated carbocycles. The van der Waals surface area contributed by atoms with E-state index in [0.717, 1.165) is 12.8 Å². The molecule has 5 nitrogen and oxygen atoms in total. The van der Waals surface area contributed by atoms with Crippen molar-refractivity contribution in [2.45, 2.75) is 51.9 Å². The van der Waals surface area contributed by atoms with E-state index in [-0.39, 0.29) is 23.9 Å². The molecule has 0 bridgehead atoms. The number of Topliss-reactive ketones (excluding diaryl/α,β-unsaturated/α-hetero) is 1. The predicted molar refractivity (Wildman–Crippen MR) is 62.7 cm³/mol. The summed E-state index contributed by atoms with van der Waals surface area (Å²) >= 11 is 0. The van der Waals surface area contributed by atoms with Crippen LogP contribution < -0.4 is 5.32 Å². The highest BCUT2D eigenvalue weighted by molar-refractivity contribution is 5.85. The van der Waals surface area contributed by atoms with Crippen molar-refractivity contribution in [1.29, 1.82) is 0 Å². The number of carbonyl (C=O) groups excluding carboxylic acids is 2. The summed E-state index contributed by atoms with van der Waals surface area (Å²) in [7, 11) is 1.29. The van der Waals surface area contributed by atoms with Crippen molar-refractivity contribution < 1.29 is 19.1 Å². The van der Waals surface area contributed by atoms with Crippen molar-refractivity contribution in [3.05, 3.63) is 0 Å². The molecule has 98 valence electrons. The quantitative estimate of drug-likeness (QED) is 0.816. The van der Waals surface area contributed by atoms with Gasteiger partial charge >= 0.3 is 6.09 Å². The van der Waals surface area contributed by atoms with E-state index in [1.54, 1.807) is 0 Å². The Balaban J connectivity index is 2.69. The molecule has 1 N–H and O–H groups in total. The summed E-state index contributed by atoms with van der Waals surface area (Å²) in [5.74, 6) is 0.0760. The highest BCUT2D eigenvalue weighted by atomic mass is 16.5. The van der Waals surface area contributed by atoms with E-state index in [1.165, 1.54) is 14.0 Å². The number of hydrogen-bond donors (Lipinski definition) is 1. The first kappa shape index (κ1) is 14.0. The van der Waals surface area contributed by atoms with Crippen LogP contribution in [0.3, 0.4) is 0 Å². The van der Waals surface area contributed by atoms with Gasteiger partial charge in [0, 0.05) is 0 Å². The monoisotopic (exact) mass is 243 g/mol. The summed E-state index contributed by atoms with van der Waals surface area (Å²) in [6, 6.07) is -0.476. The Morgan fingerprint density at radius 1 is 1.29 bits per heavy atom. The normalized spacial score (nSPS) is 30.5. The number of amides is 1. The number of ether oxygens (including phenoxy) is 2. The maximum absolute atomic E-state index is 11.6. The van der Waals surface area contributed by atoms with Gasteiger partial charge in [0.2, 0.25) is 0 Å². The Bertz CT molecular complexity index is 282. The van der Waals surface area contributed by atoms with E-state index in [2.05, 4.69) is 10.1 Å². The van der Waals surface area contributed by atoms with Gasteiger partial charge in [-0.05, 0) is 39.5 Å².